The molecule has 1 saturated heterocycles. The number of nitrogens with zero attached hydrogens (tertiary/aromatic N) is 3. The molecule has 3 heterocycles. The van der Waals surface area contributed by atoms with Crippen molar-refractivity contribution in [3.8, 4) is 5.75 Å². The number of nitrogens with one attached hydrogen (secondary N) is 1. The van der Waals surface area contributed by atoms with E-state index in [4.69, 9.17) is 4.74 Å². The highest BCUT2D eigenvalue weighted by atomic mass is 19.1. The smallest absolute Gasteiger partial charge is 0.275 e. The molecule has 2 aromatic heterocycles. The van der Waals surface area contributed by atoms with Crippen LogP contribution in [0.5, 0.6) is 5.75 Å². The van der Waals surface area contributed by atoms with Crippen LogP contribution >= 0.6 is 0 Å². The largest absolute Gasteiger partial charge is 0.497 e. The van der Waals surface area contributed by atoms with Crippen LogP contribution in [0, 0.1) is 11.7 Å². The van der Waals surface area contributed by atoms with Gasteiger partial charge in [0.1, 0.15) is 22.9 Å². The van der Waals surface area contributed by atoms with Crippen LogP contribution in [0.4, 0.5) is 4.39 Å². The van der Waals surface area contributed by atoms with Crippen molar-refractivity contribution in [1.82, 2.24) is 19.5 Å². The molecule has 3 aromatic rings. The van der Waals surface area contributed by atoms with Gasteiger partial charge in [-0.15, -0.1) is 0 Å². The number of methoxy groups -OCH3 is 1. The van der Waals surface area contributed by atoms with Gasteiger partial charge >= 0.3 is 0 Å². The van der Waals surface area contributed by atoms with Gasteiger partial charge in [0, 0.05) is 43.5 Å². The molecule has 1 amide bonds. The number of likely N-dealkylation sites (tertiary alicyclic amines) is 1. The minimum absolute atomic E-state index is 0.0239. The SMILES string of the molecule is COc1ccc(C(=O)C2CCN(C(=O)CCCc3nn4cc(F)cc4c(=O)[nH]3)CC2)cc1. The molecule has 1 aliphatic rings. The Balaban J connectivity index is 1.25. The number of hydrogen-bond acceptors (Lipinski definition) is 5. The fourth-order valence-electron chi connectivity index (χ4n) is 4.08. The van der Waals surface area contributed by atoms with E-state index in [1.54, 1.807) is 36.3 Å². The number of ether oxygens (including phenoxy) is 1. The normalized spacial score (nSPS) is 14.6. The Labute approximate surface area is 184 Å². The number of H-pyrrole nitrogens is 1. The molecule has 1 N–H and O–H groups in total. The van der Waals surface area contributed by atoms with Crippen LogP contribution in [0.15, 0.2) is 41.3 Å². The zero-order chi connectivity index (χ0) is 22.7. The lowest BCUT2D eigenvalue weighted by Gasteiger charge is -2.31. The Morgan fingerprint density at radius 2 is 1.94 bits per heavy atom. The van der Waals surface area contributed by atoms with E-state index in [-0.39, 0.29) is 23.1 Å². The second-order valence-electron chi connectivity index (χ2n) is 7.99. The number of hydrogen-bond donors (Lipinski definition) is 1. The van der Waals surface area contributed by atoms with Crippen LogP contribution < -0.4 is 10.3 Å². The van der Waals surface area contributed by atoms with Crippen LogP contribution in [0.2, 0.25) is 0 Å². The number of amides is 1. The van der Waals surface area contributed by atoms with Gasteiger partial charge < -0.3 is 14.6 Å². The molecule has 0 atom stereocenters. The summed E-state index contributed by atoms with van der Waals surface area (Å²) in [5.74, 6) is 0.637. The third-order valence-electron chi connectivity index (χ3n) is 5.88. The molecule has 0 radical (unpaired) electrons. The molecule has 32 heavy (non-hydrogen) atoms. The molecule has 0 spiro atoms. The number of fused-ring (bicyclic) bond motifs is 1. The van der Waals surface area contributed by atoms with Gasteiger partial charge in [-0.2, -0.15) is 5.10 Å². The van der Waals surface area contributed by atoms with Crippen molar-refractivity contribution in [2.24, 2.45) is 5.92 Å². The van der Waals surface area contributed by atoms with Gasteiger partial charge in [-0.05, 0) is 43.5 Å². The first-order valence-electron chi connectivity index (χ1n) is 10.7. The third-order valence-corrected chi connectivity index (χ3v) is 5.88. The first kappa shape index (κ1) is 21.7. The number of aryl methyl sites for hydroxylation is 1. The molecule has 1 aromatic carbocycles. The Morgan fingerprint density at radius 1 is 1.22 bits per heavy atom. The zero-order valence-corrected chi connectivity index (χ0v) is 17.8. The zero-order valence-electron chi connectivity index (χ0n) is 17.8. The maximum Gasteiger partial charge on any atom is 0.275 e. The molecule has 4 rings (SSSR count). The number of aromatic amines is 1. The minimum Gasteiger partial charge on any atom is -0.497 e. The van der Waals surface area contributed by atoms with E-state index in [1.807, 2.05) is 0 Å². The molecule has 0 saturated carbocycles. The molecule has 168 valence electrons. The fourth-order valence-corrected chi connectivity index (χ4v) is 4.08. The van der Waals surface area contributed by atoms with Gasteiger partial charge in [0.15, 0.2) is 5.78 Å². The van der Waals surface area contributed by atoms with E-state index in [2.05, 4.69) is 10.1 Å². The van der Waals surface area contributed by atoms with E-state index >= 15 is 0 Å². The van der Waals surface area contributed by atoms with Gasteiger partial charge in [0.2, 0.25) is 5.91 Å². The first-order chi connectivity index (χ1) is 15.4. The predicted molar refractivity (Wildman–Crippen MR) is 115 cm³/mol. The Hall–Kier alpha value is -3.49. The number of benzene rings is 1. The first-order valence-corrected chi connectivity index (χ1v) is 10.7. The molecule has 1 aliphatic heterocycles. The maximum atomic E-state index is 13.3. The molecule has 9 heteroatoms. The molecule has 0 bridgehead atoms. The van der Waals surface area contributed by atoms with Gasteiger partial charge in [-0.25, -0.2) is 8.91 Å². The maximum absolute atomic E-state index is 13.3. The van der Waals surface area contributed by atoms with Crippen molar-refractivity contribution in [2.75, 3.05) is 20.2 Å². The van der Waals surface area contributed by atoms with E-state index in [0.29, 0.717) is 62.3 Å². The van der Waals surface area contributed by atoms with Crippen molar-refractivity contribution in [3.63, 3.8) is 0 Å². The lowest BCUT2D eigenvalue weighted by Crippen LogP contribution is -2.40. The fraction of sp³-hybridized carbons (Fsp3) is 0.391. The van der Waals surface area contributed by atoms with Crippen molar-refractivity contribution >= 4 is 17.2 Å². The predicted octanol–water partition coefficient (Wildman–Crippen LogP) is 2.61. The molecule has 8 nitrogen and oxygen atoms in total. The standard InChI is InChI=1S/C23H25FN4O4/c1-32-18-7-5-15(6-8-18)22(30)16-9-11-27(12-10-16)21(29)4-2-3-20-25-23(31)19-13-17(24)14-28(19)26-20/h5-8,13-14,16H,2-4,9-12H2,1H3,(H,25,26,31). The summed E-state index contributed by atoms with van der Waals surface area (Å²) < 4.78 is 19.7. The van der Waals surface area contributed by atoms with E-state index < -0.39 is 11.4 Å². The number of Topliss-reactive ketones (excluding diaryl/α,β-unsaturated/α-hetero) is 1. The monoisotopic (exact) mass is 440 g/mol. The van der Waals surface area contributed by atoms with Crippen molar-refractivity contribution in [3.05, 3.63) is 64.1 Å². The number of rotatable bonds is 7. The Morgan fingerprint density at radius 3 is 2.62 bits per heavy atom. The molecular formula is C23H25FN4O4. The van der Waals surface area contributed by atoms with Gasteiger partial charge in [0.05, 0.1) is 13.3 Å². The van der Waals surface area contributed by atoms with Crippen LogP contribution in [-0.4, -0.2) is 51.4 Å². The summed E-state index contributed by atoms with van der Waals surface area (Å²) in [6.07, 6.45) is 3.67. The summed E-state index contributed by atoms with van der Waals surface area (Å²) in [6, 6.07) is 8.23. The number of piperidine rings is 1. The molecule has 0 unspecified atom stereocenters. The second-order valence-corrected chi connectivity index (χ2v) is 7.99. The quantitative estimate of drug-likeness (QED) is 0.570. The Kier molecular flexibility index (Phi) is 6.34. The summed E-state index contributed by atoms with van der Waals surface area (Å²) in [4.78, 5) is 41.7. The molecule has 0 aliphatic carbocycles. The Bertz CT molecular complexity index is 1180. The van der Waals surface area contributed by atoms with Gasteiger partial charge in [-0.3, -0.25) is 14.4 Å². The molecule has 1 fully saturated rings. The van der Waals surface area contributed by atoms with Crippen LogP contribution in [-0.2, 0) is 11.2 Å². The average molecular weight is 440 g/mol. The van der Waals surface area contributed by atoms with Crippen LogP contribution in [0.3, 0.4) is 0 Å². The van der Waals surface area contributed by atoms with E-state index in [1.165, 1.54) is 4.52 Å². The summed E-state index contributed by atoms with van der Waals surface area (Å²) in [7, 11) is 1.58. The number of carbonyl (C=O) groups is 2. The number of ketones is 1. The lowest BCUT2D eigenvalue weighted by molar-refractivity contribution is -0.132. The van der Waals surface area contributed by atoms with Crippen molar-refractivity contribution < 1.29 is 18.7 Å². The van der Waals surface area contributed by atoms with Gasteiger partial charge in [-0.1, -0.05) is 0 Å². The summed E-state index contributed by atoms with van der Waals surface area (Å²) in [5, 5.41) is 4.19. The topological polar surface area (TPSA) is 96.8 Å². The number of carbonyl (C=O) groups excluding carboxylic acids is 2. The average Bonchev–Trinajstić information content (AvgIpc) is 3.19. The van der Waals surface area contributed by atoms with Gasteiger partial charge in [0.25, 0.3) is 5.56 Å². The van der Waals surface area contributed by atoms with E-state index in [9.17, 15) is 18.8 Å². The van der Waals surface area contributed by atoms with Crippen molar-refractivity contribution in [1.29, 1.82) is 0 Å². The highest BCUT2D eigenvalue weighted by molar-refractivity contribution is 5.98. The molecular weight excluding hydrogens is 415 g/mol. The number of halogens is 1. The summed E-state index contributed by atoms with van der Waals surface area (Å²) in [6.45, 7) is 1.10. The number of aromatic nitrogens is 3. The van der Waals surface area contributed by atoms with Crippen LogP contribution in [0.25, 0.3) is 5.52 Å². The summed E-state index contributed by atoms with van der Waals surface area (Å²) >= 11 is 0. The highest BCUT2D eigenvalue weighted by Crippen LogP contribution is 2.23. The van der Waals surface area contributed by atoms with E-state index in [0.717, 1.165) is 12.3 Å². The van der Waals surface area contributed by atoms with Crippen LogP contribution in [0.1, 0.15) is 41.9 Å². The summed E-state index contributed by atoms with van der Waals surface area (Å²) in [5.41, 5.74) is 0.403. The third kappa shape index (κ3) is 4.71. The van der Waals surface area contributed by atoms with Crippen molar-refractivity contribution in [2.45, 2.75) is 32.1 Å². The lowest BCUT2D eigenvalue weighted by atomic mass is 9.88. The second kappa shape index (κ2) is 9.33. The minimum atomic E-state index is -0.524. The highest BCUT2D eigenvalue weighted by Gasteiger charge is 2.27.